The summed E-state index contributed by atoms with van der Waals surface area (Å²) in [5.41, 5.74) is 4.13. The maximum absolute atomic E-state index is 12.4. The van der Waals surface area contributed by atoms with Gasteiger partial charge in [0.15, 0.2) is 0 Å². The van der Waals surface area contributed by atoms with Crippen molar-refractivity contribution in [3.8, 4) is 11.5 Å². The van der Waals surface area contributed by atoms with E-state index < -0.39 is 0 Å². The molecule has 0 aromatic heterocycles. The second kappa shape index (κ2) is 7.86. The van der Waals surface area contributed by atoms with Crippen molar-refractivity contribution in [1.29, 1.82) is 0 Å². The molecule has 2 aromatic carbocycles. The van der Waals surface area contributed by atoms with Gasteiger partial charge in [-0.1, -0.05) is 25.1 Å². The van der Waals surface area contributed by atoms with Crippen molar-refractivity contribution in [1.82, 2.24) is 0 Å². The van der Waals surface area contributed by atoms with Crippen LogP contribution in [0.2, 0.25) is 0 Å². The third kappa shape index (κ3) is 4.07. The molecule has 1 atom stereocenters. The van der Waals surface area contributed by atoms with Gasteiger partial charge >= 0.3 is 0 Å². The molecule has 4 nitrogen and oxygen atoms in total. The average molecular weight is 327 g/mol. The van der Waals surface area contributed by atoms with Crippen LogP contribution in [0.4, 0.5) is 5.69 Å². The summed E-state index contributed by atoms with van der Waals surface area (Å²) in [6.45, 7) is 6.07. The number of nitrogens with one attached hydrogen (secondary N) is 1. The van der Waals surface area contributed by atoms with Gasteiger partial charge in [0.05, 0.1) is 14.2 Å². The van der Waals surface area contributed by atoms with Crippen LogP contribution < -0.4 is 14.8 Å². The minimum atomic E-state index is -0.00549. The molecule has 128 valence electrons. The standard InChI is InChI=1S/C20H25NO3/c1-13-7-6-8-18(15(13)3)21-20(22)11-14(2)17-10-9-16(23-4)12-19(17)24-5/h6-10,12,14H,11H2,1-5H3,(H,21,22). The van der Waals surface area contributed by atoms with Crippen molar-refractivity contribution in [3.63, 3.8) is 0 Å². The number of hydrogen-bond donors (Lipinski definition) is 1. The monoisotopic (exact) mass is 327 g/mol. The number of anilines is 1. The zero-order valence-corrected chi connectivity index (χ0v) is 15.0. The van der Waals surface area contributed by atoms with Crippen molar-refractivity contribution in [2.45, 2.75) is 33.1 Å². The molecule has 0 bridgehead atoms. The quantitative estimate of drug-likeness (QED) is 0.852. The lowest BCUT2D eigenvalue weighted by atomic mass is 9.96. The zero-order chi connectivity index (χ0) is 17.7. The molecule has 2 aromatic rings. The Bertz CT molecular complexity index is 725. The van der Waals surface area contributed by atoms with Crippen LogP contribution in [0.5, 0.6) is 11.5 Å². The highest BCUT2D eigenvalue weighted by atomic mass is 16.5. The Kier molecular flexibility index (Phi) is 5.85. The van der Waals surface area contributed by atoms with Crippen LogP contribution in [0.1, 0.15) is 36.0 Å². The molecule has 0 radical (unpaired) electrons. The second-order valence-electron chi connectivity index (χ2n) is 6.01. The fraction of sp³-hybridized carbons (Fsp3) is 0.350. The highest BCUT2D eigenvalue weighted by Crippen LogP contribution is 2.32. The highest BCUT2D eigenvalue weighted by Gasteiger charge is 2.17. The number of carbonyl (C=O) groups is 1. The van der Waals surface area contributed by atoms with Crippen LogP contribution >= 0.6 is 0 Å². The maximum atomic E-state index is 12.4. The van der Waals surface area contributed by atoms with Gasteiger partial charge in [-0.2, -0.15) is 0 Å². The van der Waals surface area contributed by atoms with E-state index in [0.29, 0.717) is 6.42 Å². The zero-order valence-electron chi connectivity index (χ0n) is 15.0. The van der Waals surface area contributed by atoms with Crippen LogP contribution in [0, 0.1) is 13.8 Å². The van der Waals surface area contributed by atoms with Crippen molar-refractivity contribution >= 4 is 11.6 Å². The summed E-state index contributed by atoms with van der Waals surface area (Å²) in [6.07, 6.45) is 0.385. The van der Waals surface area contributed by atoms with Crippen LogP contribution in [-0.4, -0.2) is 20.1 Å². The van der Waals surface area contributed by atoms with E-state index in [-0.39, 0.29) is 11.8 Å². The third-order valence-electron chi connectivity index (χ3n) is 4.34. The average Bonchev–Trinajstić information content (AvgIpc) is 2.58. The van der Waals surface area contributed by atoms with Crippen LogP contribution in [0.15, 0.2) is 36.4 Å². The lowest BCUT2D eigenvalue weighted by Crippen LogP contribution is -2.15. The molecule has 1 unspecified atom stereocenters. The Morgan fingerprint density at radius 3 is 2.54 bits per heavy atom. The van der Waals surface area contributed by atoms with Gasteiger partial charge in [-0.3, -0.25) is 4.79 Å². The predicted molar refractivity (Wildman–Crippen MR) is 97.1 cm³/mol. The Hall–Kier alpha value is -2.49. The van der Waals surface area contributed by atoms with Crippen molar-refractivity contribution < 1.29 is 14.3 Å². The van der Waals surface area contributed by atoms with Crippen LogP contribution in [-0.2, 0) is 4.79 Å². The van der Waals surface area contributed by atoms with Crippen LogP contribution in [0.3, 0.4) is 0 Å². The SMILES string of the molecule is COc1ccc(C(C)CC(=O)Nc2cccc(C)c2C)c(OC)c1. The highest BCUT2D eigenvalue weighted by molar-refractivity contribution is 5.92. The van der Waals surface area contributed by atoms with Gasteiger partial charge in [-0.15, -0.1) is 0 Å². The summed E-state index contributed by atoms with van der Waals surface area (Å²) in [6, 6.07) is 11.6. The summed E-state index contributed by atoms with van der Waals surface area (Å²) in [5.74, 6) is 1.51. The van der Waals surface area contributed by atoms with E-state index in [4.69, 9.17) is 9.47 Å². The topological polar surface area (TPSA) is 47.6 Å². The van der Waals surface area contributed by atoms with Gasteiger partial charge in [0.25, 0.3) is 0 Å². The molecule has 0 aliphatic rings. The van der Waals surface area contributed by atoms with Gasteiger partial charge < -0.3 is 14.8 Å². The van der Waals surface area contributed by atoms with E-state index in [1.807, 2.05) is 57.2 Å². The molecule has 0 spiro atoms. The third-order valence-corrected chi connectivity index (χ3v) is 4.34. The first-order valence-corrected chi connectivity index (χ1v) is 8.04. The molecule has 4 heteroatoms. The fourth-order valence-electron chi connectivity index (χ4n) is 2.70. The Morgan fingerprint density at radius 1 is 1.12 bits per heavy atom. The minimum Gasteiger partial charge on any atom is -0.497 e. The van der Waals surface area contributed by atoms with E-state index in [9.17, 15) is 4.79 Å². The number of ether oxygens (including phenoxy) is 2. The molecule has 2 rings (SSSR count). The first kappa shape index (κ1) is 17.9. The molecule has 0 fully saturated rings. The van der Waals surface area contributed by atoms with Gasteiger partial charge in [0.2, 0.25) is 5.91 Å². The molecule has 1 N–H and O–H groups in total. The molecule has 0 aliphatic carbocycles. The van der Waals surface area contributed by atoms with Crippen molar-refractivity contribution in [2.75, 3.05) is 19.5 Å². The first-order chi connectivity index (χ1) is 11.5. The second-order valence-corrected chi connectivity index (χ2v) is 6.01. The maximum Gasteiger partial charge on any atom is 0.224 e. The van der Waals surface area contributed by atoms with Gasteiger partial charge in [-0.25, -0.2) is 0 Å². The smallest absolute Gasteiger partial charge is 0.224 e. The summed E-state index contributed by atoms with van der Waals surface area (Å²) in [5, 5.41) is 3.01. The Balaban J connectivity index is 2.10. The fourth-order valence-corrected chi connectivity index (χ4v) is 2.70. The van der Waals surface area contributed by atoms with Gasteiger partial charge in [0.1, 0.15) is 11.5 Å². The van der Waals surface area contributed by atoms with E-state index in [2.05, 4.69) is 5.32 Å². The summed E-state index contributed by atoms with van der Waals surface area (Å²) in [7, 11) is 3.25. The molecule has 0 heterocycles. The molecule has 0 saturated heterocycles. The van der Waals surface area contributed by atoms with Gasteiger partial charge in [0, 0.05) is 18.2 Å². The lowest BCUT2D eigenvalue weighted by Gasteiger charge is -2.17. The number of aryl methyl sites for hydroxylation is 1. The van der Waals surface area contributed by atoms with Crippen molar-refractivity contribution in [2.24, 2.45) is 0 Å². The Labute approximate surface area is 143 Å². The molecular weight excluding hydrogens is 302 g/mol. The summed E-state index contributed by atoms with van der Waals surface area (Å²) >= 11 is 0. The normalized spacial score (nSPS) is 11.7. The van der Waals surface area contributed by atoms with Crippen molar-refractivity contribution in [3.05, 3.63) is 53.1 Å². The molecule has 0 aliphatic heterocycles. The predicted octanol–water partition coefficient (Wildman–Crippen LogP) is 4.45. The molecule has 1 amide bonds. The number of carbonyl (C=O) groups excluding carboxylic acids is 1. The van der Waals surface area contributed by atoms with E-state index in [0.717, 1.165) is 33.9 Å². The van der Waals surface area contributed by atoms with E-state index >= 15 is 0 Å². The molecule has 24 heavy (non-hydrogen) atoms. The number of methoxy groups -OCH3 is 2. The largest absolute Gasteiger partial charge is 0.497 e. The minimum absolute atomic E-state index is 0.00549. The Morgan fingerprint density at radius 2 is 1.88 bits per heavy atom. The molecular formula is C20H25NO3. The lowest BCUT2D eigenvalue weighted by molar-refractivity contribution is -0.116. The number of amides is 1. The number of benzene rings is 2. The van der Waals surface area contributed by atoms with E-state index in [1.54, 1.807) is 14.2 Å². The van der Waals surface area contributed by atoms with Crippen LogP contribution in [0.25, 0.3) is 0 Å². The molecule has 0 saturated carbocycles. The number of rotatable bonds is 6. The number of hydrogen-bond acceptors (Lipinski definition) is 3. The summed E-state index contributed by atoms with van der Waals surface area (Å²) < 4.78 is 10.6. The van der Waals surface area contributed by atoms with Gasteiger partial charge in [-0.05, 0) is 48.6 Å². The summed E-state index contributed by atoms with van der Waals surface area (Å²) in [4.78, 5) is 12.4. The first-order valence-electron chi connectivity index (χ1n) is 8.04. The van der Waals surface area contributed by atoms with E-state index in [1.165, 1.54) is 0 Å².